The van der Waals surface area contributed by atoms with Gasteiger partial charge in [-0.2, -0.15) is 4.31 Å². The molecule has 20 heavy (non-hydrogen) atoms. The summed E-state index contributed by atoms with van der Waals surface area (Å²) in [6, 6.07) is 3.95. The van der Waals surface area contributed by atoms with Gasteiger partial charge in [0.25, 0.3) is 0 Å². The first-order chi connectivity index (χ1) is 9.47. The average Bonchev–Trinajstić information content (AvgIpc) is 3.15. The molecule has 1 aromatic rings. The Bertz CT molecular complexity index is 681. The molecule has 5 heteroatoms. The molecule has 0 radical (unpaired) electrons. The topological polar surface area (TPSA) is 37.1 Å². The molecule has 2 atom stereocenters. The zero-order chi connectivity index (χ0) is 14.4. The maximum absolute atomic E-state index is 12.8. The molecule has 0 bridgehead atoms. The molecule has 106 valence electrons. The zero-order valence-corrected chi connectivity index (χ0v) is 13.0. The zero-order valence-electron chi connectivity index (χ0n) is 11.3. The molecule has 1 saturated heterocycles. The molecule has 0 amide bonds. The van der Waals surface area contributed by atoms with Crippen molar-refractivity contribution in [2.24, 2.45) is 5.92 Å². The Hall–Kier alpha value is -1.17. The fourth-order valence-electron chi connectivity index (χ4n) is 2.60. The van der Waals surface area contributed by atoms with E-state index in [1.54, 1.807) is 24.3 Å². The lowest BCUT2D eigenvalue weighted by molar-refractivity contribution is 0.508. The summed E-state index contributed by atoms with van der Waals surface area (Å²) >= 11 is 1.59. The van der Waals surface area contributed by atoms with Crippen LogP contribution in [-0.4, -0.2) is 30.6 Å². The van der Waals surface area contributed by atoms with E-state index in [0.29, 0.717) is 13.1 Å². The first-order valence-electron chi connectivity index (χ1n) is 6.55. The van der Waals surface area contributed by atoms with Crippen molar-refractivity contribution >= 4 is 26.9 Å². The van der Waals surface area contributed by atoms with Gasteiger partial charge in [0.15, 0.2) is 0 Å². The maximum Gasteiger partial charge on any atom is 0.224 e. The summed E-state index contributed by atoms with van der Waals surface area (Å²) in [6.45, 7) is 7.21. The minimum Gasteiger partial charge on any atom is -0.211 e. The molecule has 1 aliphatic carbocycles. The van der Waals surface area contributed by atoms with Crippen LogP contribution in [0.15, 0.2) is 48.4 Å². The van der Waals surface area contributed by atoms with Gasteiger partial charge in [0, 0.05) is 23.9 Å². The highest BCUT2D eigenvalue weighted by molar-refractivity contribution is 7.91. The van der Waals surface area contributed by atoms with Gasteiger partial charge in [-0.3, -0.25) is 0 Å². The Morgan fingerprint density at radius 2 is 2.20 bits per heavy atom. The fraction of sp³-hybridized carbons (Fsp3) is 0.333. The van der Waals surface area contributed by atoms with Gasteiger partial charge in [-0.25, -0.2) is 8.42 Å². The maximum atomic E-state index is 12.8. The van der Waals surface area contributed by atoms with Gasteiger partial charge < -0.3 is 0 Å². The van der Waals surface area contributed by atoms with Crippen LogP contribution < -0.4 is 0 Å². The Labute approximate surface area is 124 Å². The molecule has 1 fully saturated rings. The average molecular weight is 307 g/mol. The molecule has 3 nitrogen and oxygen atoms in total. The van der Waals surface area contributed by atoms with Crippen molar-refractivity contribution in [3.05, 3.63) is 53.3 Å². The monoisotopic (exact) mass is 307 g/mol. The Morgan fingerprint density at radius 3 is 2.80 bits per heavy atom. The van der Waals surface area contributed by atoms with E-state index in [1.807, 2.05) is 35.7 Å². The van der Waals surface area contributed by atoms with Crippen molar-refractivity contribution in [1.29, 1.82) is 0 Å². The molecule has 3 rings (SSSR count). The summed E-state index contributed by atoms with van der Waals surface area (Å²) in [5.74, 6) is -0.225. The number of hydrogen-bond acceptors (Lipinski definition) is 3. The number of sulfonamides is 1. The second-order valence-corrected chi connectivity index (χ2v) is 8.61. The fourth-order valence-corrected chi connectivity index (χ4v) is 5.25. The van der Waals surface area contributed by atoms with E-state index in [-0.39, 0.29) is 5.92 Å². The summed E-state index contributed by atoms with van der Waals surface area (Å²) in [6.07, 6.45) is 7.47. The van der Waals surface area contributed by atoms with Crippen molar-refractivity contribution in [2.75, 3.05) is 13.1 Å². The summed E-state index contributed by atoms with van der Waals surface area (Å²) in [4.78, 5) is 1.04. The van der Waals surface area contributed by atoms with Gasteiger partial charge in [0.2, 0.25) is 10.0 Å². The molecule has 2 unspecified atom stereocenters. The summed E-state index contributed by atoms with van der Waals surface area (Å²) in [7, 11) is -3.33. The van der Waals surface area contributed by atoms with E-state index >= 15 is 0 Å². The molecular formula is C15H17NO2S2. The summed E-state index contributed by atoms with van der Waals surface area (Å²) in [5.41, 5.74) is 0.869. The van der Waals surface area contributed by atoms with Gasteiger partial charge in [-0.15, -0.1) is 11.3 Å². The van der Waals surface area contributed by atoms with Crippen LogP contribution in [0.4, 0.5) is 0 Å². The van der Waals surface area contributed by atoms with Crippen LogP contribution in [0.1, 0.15) is 11.8 Å². The van der Waals surface area contributed by atoms with Gasteiger partial charge >= 0.3 is 0 Å². The number of rotatable bonds is 4. The van der Waals surface area contributed by atoms with E-state index in [2.05, 4.69) is 6.58 Å². The number of nitrogens with zero attached hydrogens (tertiary/aromatic N) is 1. The lowest BCUT2D eigenvalue weighted by Crippen LogP contribution is -2.45. The highest BCUT2D eigenvalue weighted by Crippen LogP contribution is 2.43. The predicted octanol–water partition coefficient (Wildman–Crippen LogP) is 2.91. The van der Waals surface area contributed by atoms with Crippen molar-refractivity contribution in [1.82, 2.24) is 4.31 Å². The molecule has 1 aliphatic heterocycles. The van der Waals surface area contributed by atoms with Crippen molar-refractivity contribution in [3.8, 4) is 0 Å². The highest BCUT2D eigenvalue weighted by atomic mass is 32.2. The third-order valence-corrected chi connectivity index (χ3v) is 7.47. The SMILES string of the molecule is C=C(c1cccs1)C1C=CC=CC1(C)S(=O)(=O)N1CC1. The van der Waals surface area contributed by atoms with Gasteiger partial charge in [0.1, 0.15) is 4.75 Å². The van der Waals surface area contributed by atoms with E-state index in [4.69, 9.17) is 0 Å². The lowest BCUT2D eigenvalue weighted by Gasteiger charge is -2.35. The van der Waals surface area contributed by atoms with Crippen LogP contribution in [0.3, 0.4) is 0 Å². The van der Waals surface area contributed by atoms with Crippen LogP contribution in [-0.2, 0) is 10.0 Å². The molecule has 0 saturated carbocycles. The quantitative estimate of drug-likeness (QED) is 0.802. The third kappa shape index (κ3) is 2.01. The molecule has 0 spiro atoms. The molecule has 2 aliphatic rings. The smallest absolute Gasteiger partial charge is 0.211 e. The van der Waals surface area contributed by atoms with E-state index in [0.717, 1.165) is 10.5 Å². The largest absolute Gasteiger partial charge is 0.224 e. The summed E-state index contributed by atoms with van der Waals surface area (Å²) in [5, 5.41) is 1.99. The normalized spacial score (nSPS) is 29.6. The van der Waals surface area contributed by atoms with Crippen molar-refractivity contribution in [3.63, 3.8) is 0 Å². The standard InChI is InChI=1S/C15H17NO2S2/c1-12(14-7-5-11-19-14)13-6-3-4-8-15(13,2)20(17,18)16-9-10-16/h3-8,11,13H,1,9-10H2,2H3. The Morgan fingerprint density at radius 1 is 1.45 bits per heavy atom. The van der Waals surface area contributed by atoms with Crippen LogP contribution in [0.5, 0.6) is 0 Å². The second kappa shape index (κ2) is 4.69. The van der Waals surface area contributed by atoms with Crippen molar-refractivity contribution in [2.45, 2.75) is 11.7 Å². The van der Waals surface area contributed by atoms with Crippen LogP contribution in [0, 0.1) is 5.92 Å². The van der Waals surface area contributed by atoms with Crippen LogP contribution >= 0.6 is 11.3 Å². The summed E-state index contributed by atoms with van der Waals surface area (Å²) < 4.78 is 26.1. The first-order valence-corrected chi connectivity index (χ1v) is 8.87. The molecule has 2 heterocycles. The molecule has 0 N–H and O–H groups in total. The number of thiophene rings is 1. The van der Waals surface area contributed by atoms with Gasteiger partial charge in [-0.1, -0.05) is 36.9 Å². The molecule has 1 aromatic heterocycles. The van der Waals surface area contributed by atoms with Crippen LogP contribution in [0.2, 0.25) is 0 Å². The van der Waals surface area contributed by atoms with E-state index in [1.165, 1.54) is 4.31 Å². The first kappa shape index (κ1) is 13.8. The molecule has 0 aromatic carbocycles. The highest BCUT2D eigenvalue weighted by Gasteiger charge is 2.51. The Balaban J connectivity index is 2.02. The predicted molar refractivity (Wildman–Crippen MR) is 84.0 cm³/mol. The van der Waals surface area contributed by atoms with Crippen LogP contribution in [0.25, 0.3) is 5.57 Å². The number of hydrogen-bond donors (Lipinski definition) is 0. The van der Waals surface area contributed by atoms with E-state index < -0.39 is 14.8 Å². The third-order valence-electron chi connectivity index (χ3n) is 3.97. The lowest BCUT2D eigenvalue weighted by atomic mass is 9.83. The van der Waals surface area contributed by atoms with E-state index in [9.17, 15) is 8.42 Å². The minimum absolute atomic E-state index is 0.225. The van der Waals surface area contributed by atoms with Gasteiger partial charge in [-0.05, 0) is 23.9 Å². The molecular weight excluding hydrogens is 290 g/mol. The number of allylic oxidation sites excluding steroid dienone is 4. The second-order valence-electron chi connectivity index (χ2n) is 5.31. The van der Waals surface area contributed by atoms with Crippen molar-refractivity contribution < 1.29 is 8.42 Å². The minimum atomic E-state index is -3.33. The Kier molecular flexibility index (Phi) is 3.23. The van der Waals surface area contributed by atoms with Gasteiger partial charge in [0.05, 0.1) is 0 Å².